The van der Waals surface area contributed by atoms with Crippen molar-refractivity contribution in [2.24, 2.45) is 5.92 Å². The molecule has 1 aliphatic rings. The zero-order valence-electron chi connectivity index (χ0n) is 10.5. The van der Waals surface area contributed by atoms with E-state index in [9.17, 15) is 18.6 Å². The topological polar surface area (TPSA) is 77.8 Å². The third-order valence-electron chi connectivity index (χ3n) is 3.39. The van der Waals surface area contributed by atoms with Crippen LogP contribution in [0.25, 0.3) is 0 Å². The van der Waals surface area contributed by atoms with Crippen molar-refractivity contribution in [3.8, 4) is 0 Å². The van der Waals surface area contributed by atoms with Crippen LogP contribution in [-0.4, -0.2) is 54.5 Å². The Morgan fingerprint density at radius 3 is 2.53 bits per heavy atom. The van der Waals surface area contributed by atoms with E-state index >= 15 is 0 Å². The van der Waals surface area contributed by atoms with Gasteiger partial charge in [0.2, 0.25) is 10.0 Å². The molecular formula is C11H23NO4S. The fourth-order valence-electron chi connectivity index (χ4n) is 2.29. The Morgan fingerprint density at radius 2 is 2.00 bits per heavy atom. The number of rotatable bonds is 5. The van der Waals surface area contributed by atoms with Crippen LogP contribution in [0.2, 0.25) is 0 Å². The summed E-state index contributed by atoms with van der Waals surface area (Å²) in [7, 11) is -3.13. The average molecular weight is 265 g/mol. The zero-order valence-corrected chi connectivity index (χ0v) is 11.4. The van der Waals surface area contributed by atoms with Crippen LogP contribution in [0.4, 0.5) is 0 Å². The molecule has 5 nitrogen and oxygen atoms in total. The van der Waals surface area contributed by atoms with E-state index < -0.39 is 22.2 Å². The van der Waals surface area contributed by atoms with Gasteiger partial charge in [0.1, 0.15) is 0 Å². The summed E-state index contributed by atoms with van der Waals surface area (Å²) < 4.78 is 24.3. The highest BCUT2D eigenvalue weighted by molar-refractivity contribution is 7.88. The maximum Gasteiger partial charge on any atom is 0.211 e. The number of piperidine rings is 1. The molecule has 1 fully saturated rings. The molecule has 0 radical (unpaired) electrons. The lowest BCUT2D eigenvalue weighted by Crippen LogP contribution is -2.41. The van der Waals surface area contributed by atoms with Crippen LogP contribution >= 0.6 is 0 Å². The molecule has 0 aromatic rings. The molecule has 0 spiro atoms. The average Bonchev–Trinajstić information content (AvgIpc) is 2.27. The molecule has 1 aliphatic heterocycles. The fourth-order valence-corrected chi connectivity index (χ4v) is 3.23. The third kappa shape index (κ3) is 4.54. The number of hydrogen-bond donors (Lipinski definition) is 2. The second-order valence-electron chi connectivity index (χ2n) is 4.91. The third-order valence-corrected chi connectivity index (χ3v) is 4.66. The van der Waals surface area contributed by atoms with Gasteiger partial charge in [-0.3, -0.25) is 0 Å². The van der Waals surface area contributed by atoms with Crippen molar-refractivity contribution < 1.29 is 18.6 Å². The molecule has 0 bridgehead atoms. The van der Waals surface area contributed by atoms with E-state index in [4.69, 9.17) is 0 Å². The van der Waals surface area contributed by atoms with Gasteiger partial charge in [-0.2, -0.15) is 0 Å². The first-order valence-electron chi connectivity index (χ1n) is 6.15. The van der Waals surface area contributed by atoms with E-state index in [2.05, 4.69) is 0 Å². The maximum absolute atomic E-state index is 11.4. The van der Waals surface area contributed by atoms with Gasteiger partial charge in [0.15, 0.2) is 0 Å². The predicted octanol–water partition coefficient (Wildman–Crippen LogP) is 0.180. The summed E-state index contributed by atoms with van der Waals surface area (Å²) >= 11 is 0. The first-order chi connectivity index (χ1) is 7.84. The van der Waals surface area contributed by atoms with Crippen molar-refractivity contribution in [2.45, 2.75) is 44.8 Å². The minimum absolute atomic E-state index is 0.148. The molecule has 1 rings (SSSR count). The van der Waals surface area contributed by atoms with Crippen LogP contribution in [0.5, 0.6) is 0 Å². The number of aliphatic hydroxyl groups excluding tert-OH is 2. The number of sulfonamides is 1. The van der Waals surface area contributed by atoms with Gasteiger partial charge < -0.3 is 10.2 Å². The van der Waals surface area contributed by atoms with Crippen LogP contribution in [0, 0.1) is 5.92 Å². The largest absolute Gasteiger partial charge is 0.390 e. The van der Waals surface area contributed by atoms with Crippen molar-refractivity contribution in [3.05, 3.63) is 0 Å². The second kappa shape index (κ2) is 6.13. The van der Waals surface area contributed by atoms with Gasteiger partial charge in [-0.05, 0) is 31.6 Å². The normalized spacial score (nSPS) is 26.7. The van der Waals surface area contributed by atoms with Crippen LogP contribution in [-0.2, 0) is 10.0 Å². The highest BCUT2D eigenvalue weighted by Gasteiger charge is 2.28. The Balaban J connectivity index is 2.50. The number of aliphatic hydroxyl groups is 2. The predicted molar refractivity (Wildman–Crippen MR) is 66.1 cm³/mol. The van der Waals surface area contributed by atoms with E-state index in [0.717, 1.165) is 12.8 Å². The van der Waals surface area contributed by atoms with E-state index in [-0.39, 0.29) is 5.92 Å². The quantitative estimate of drug-likeness (QED) is 0.743. The number of nitrogens with zero attached hydrogens (tertiary/aromatic N) is 1. The lowest BCUT2D eigenvalue weighted by molar-refractivity contribution is -0.00117. The second-order valence-corrected chi connectivity index (χ2v) is 6.89. The Morgan fingerprint density at radius 1 is 1.35 bits per heavy atom. The molecule has 17 heavy (non-hydrogen) atoms. The Hall–Kier alpha value is -0.170. The fraction of sp³-hybridized carbons (Fsp3) is 1.00. The summed E-state index contributed by atoms with van der Waals surface area (Å²) in [5, 5.41) is 19.2. The van der Waals surface area contributed by atoms with Gasteiger partial charge in [0.25, 0.3) is 0 Å². The van der Waals surface area contributed by atoms with Crippen LogP contribution in [0.1, 0.15) is 32.6 Å². The van der Waals surface area contributed by atoms with Crippen LogP contribution in [0.3, 0.4) is 0 Å². The van der Waals surface area contributed by atoms with E-state index in [1.165, 1.54) is 10.6 Å². The molecule has 102 valence electrons. The summed E-state index contributed by atoms with van der Waals surface area (Å²) in [5.41, 5.74) is 0. The summed E-state index contributed by atoms with van der Waals surface area (Å²) in [5.74, 6) is 0.148. The SMILES string of the molecule is CCC(O)C(O)CC1CCCN(S(C)(=O)=O)C1. The minimum atomic E-state index is -3.13. The minimum Gasteiger partial charge on any atom is -0.390 e. The van der Waals surface area contributed by atoms with Crippen molar-refractivity contribution in [1.82, 2.24) is 4.31 Å². The van der Waals surface area contributed by atoms with E-state index in [0.29, 0.717) is 25.9 Å². The highest BCUT2D eigenvalue weighted by atomic mass is 32.2. The van der Waals surface area contributed by atoms with Gasteiger partial charge in [0.05, 0.1) is 18.5 Å². The summed E-state index contributed by atoms with van der Waals surface area (Å²) in [6.45, 7) is 2.85. The monoisotopic (exact) mass is 265 g/mol. The van der Waals surface area contributed by atoms with Gasteiger partial charge in [-0.25, -0.2) is 12.7 Å². The molecule has 1 saturated heterocycles. The Kier molecular flexibility index (Phi) is 5.37. The van der Waals surface area contributed by atoms with Gasteiger partial charge in [-0.1, -0.05) is 6.92 Å². The molecule has 3 unspecified atom stereocenters. The Bertz CT molecular complexity index is 330. The Labute approximate surface area is 103 Å². The van der Waals surface area contributed by atoms with Crippen molar-refractivity contribution in [3.63, 3.8) is 0 Å². The molecule has 1 heterocycles. The van der Waals surface area contributed by atoms with E-state index in [1.54, 1.807) is 0 Å². The molecule has 3 atom stereocenters. The standard InChI is InChI=1S/C11H23NO4S/c1-3-10(13)11(14)7-9-5-4-6-12(8-9)17(2,15)16/h9-11,13-14H,3-8H2,1-2H3. The summed E-state index contributed by atoms with van der Waals surface area (Å²) in [4.78, 5) is 0. The molecule has 0 aromatic carbocycles. The molecule has 0 aromatic heterocycles. The van der Waals surface area contributed by atoms with Gasteiger partial charge in [-0.15, -0.1) is 0 Å². The summed E-state index contributed by atoms with van der Waals surface area (Å²) in [6, 6.07) is 0. The molecule has 0 saturated carbocycles. The molecule has 6 heteroatoms. The lowest BCUT2D eigenvalue weighted by atomic mass is 9.91. The van der Waals surface area contributed by atoms with Crippen molar-refractivity contribution in [1.29, 1.82) is 0 Å². The van der Waals surface area contributed by atoms with Gasteiger partial charge in [0, 0.05) is 13.1 Å². The zero-order chi connectivity index (χ0) is 13.1. The first kappa shape index (κ1) is 14.9. The molecule has 0 amide bonds. The van der Waals surface area contributed by atoms with E-state index in [1.807, 2.05) is 6.92 Å². The van der Waals surface area contributed by atoms with Gasteiger partial charge >= 0.3 is 0 Å². The first-order valence-corrected chi connectivity index (χ1v) is 8.00. The summed E-state index contributed by atoms with van der Waals surface area (Å²) in [6.07, 6.45) is 2.50. The molecule has 2 N–H and O–H groups in total. The van der Waals surface area contributed by atoms with Crippen LogP contribution in [0.15, 0.2) is 0 Å². The molecule has 0 aliphatic carbocycles. The van der Waals surface area contributed by atoms with Crippen LogP contribution < -0.4 is 0 Å². The smallest absolute Gasteiger partial charge is 0.211 e. The maximum atomic E-state index is 11.4. The number of hydrogen-bond acceptors (Lipinski definition) is 4. The van der Waals surface area contributed by atoms with Crippen molar-refractivity contribution in [2.75, 3.05) is 19.3 Å². The van der Waals surface area contributed by atoms with Crippen molar-refractivity contribution >= 4 is 10.0 Å². The molecular weight excluding hydrogens is 242 g/mol. The highest BCUT2D eigenvalue weighted by Crippen LogP contribution is 2.23. The lowest BCUT2D eigenvalue weighted by Gasteiger charge is -2.32.